The largest absolute Gasteiger partial charge is 0.497 e. The summed E-state index contributed by atoms with van der Waals surface area (Å²) in [4.78, 5) is 12.1. The number of rotatable bonds is 6. The standard InChI is InChI=1S/C20H18BrNO3/c1-24-17-4-2-3-14(11-17)12-20(23)22-13-18-9-10-19(25-18)15-5-7-16(21)8-6-15/h2-11H,12-13H2,1H3,(H,22,23). The molecular weight excluding hydrogens is 382 g/mol. The second-order valence-corrected chi connectivity index (χ2v) is 6.49. The van der Waals surface area contributed by atoms with E-state index in [9.17, 15) is 4.79 Å². The first kappa shape index (κ1) is 17.3. The Hall–Kier alpha value is -2.53. The third kappa shape index (κ3) is 4.73. The molecule has 3 aromatic rings. The Balaban J connectivity index is 1.56. The number of nitrogens with one attached hydrogen (secondary N) is 1. The lowest BCUT2D eigenvalue weighted by Gasteiger charge is -2.05. The van der Waals surface area contributed by atoms with Crippen molar-refractivity contribution >= 4 is 21.8 Å². The quantitative estimate of drug-likeness (QED) is 0.659. The van der Waals surface area contributed by atoms with Gasteiger partial charge in [0, 0.05) is 10.0 Å². The lowest BCUT2D eigenvalue weighted by molar-refractivity contribution is -0.120. The first-order chi connectivity index (χ1) is 12.1. The van der Waals surface area contributed by atoms with Crippen molar-refractivity contribution in [2.45, 2.75) is 13.0 Å². The molecule has 1 amide bonds. The minimum Gasteiger partial charge on any atom is -0.497 e. The first-order valence-corrected chi connectivity index (χ1v) is 8.67. The molecule has 0 aliphatic carbocycles. The van der Waals surface area contributed by atoms with Gasteiger partial charge in [0.1, 0.15) is 17.3 Å². The van der Waals surface area contributed by atoms with Crippen LogP contribution in [-0.2, 0) is 17.8 Å². The summed E-state index contributed by atoms with van der Waals surface area (Å²) in [5.74, 6) is 2.19. The van der Waals surface area contributed by atoms with E-state index < -0.39 is 0 Å². The summed E-state index contributed by atoms with van der Waals surface area (Å²) in [7, 11) is 1.61. The Morgan fingerprint density at radius 2 is 1.92 bits per heavy atom. The van der Waals surface area contributed by atoms with Gasteiger partial charge < -0.3 is 14.5 Å². The van der Waals surface area contributed by atoms with Gasteiger partial charge in [0.2, 0.25) is 5.91 Å². The van der Waals surface area contributed by atoms with E-state index in [1.165, 1.54) is 0 Å². The molecule has 0 bridgehead atoms. The van der Waals surface area contributed by atoms with Crippen molar-refractivity contribution in [2.24, 2.45) is 0 Å². The molecule has 3 rings (SSSR count). The van der Waals surface area contributed by atoms with Crippen LogP contribution < -0.4 is 10.1 Å². The van der Waals surface area contributed by atoms with Crippen LogP contribution in [0.1, 0.15) is 11.3 Å². The predicted molar refractivity (Wildman–Crippen MR) is 100 cm³/mol. The molecular formula is C20H18BrNO3. The molecule has 0 aliphatic rings. The Labute approximate surface area is 154 Å². The Morgan fingerprint density at radius 3 is 2.68 bits per heavy atom. The molecule has 0 spiro atoms. The SMILES string of the molecule is COc1cccc(CC(=O)NCc2ccc(-c3ccc(Br)cc3)o2)c1. The van der Waals surface area contributed by atoms with E-state index in [4.69, 9.17) is 9.15 Å². The summed E-state index contributed by atoms with van der Waals surface area (Å²) in [6.07, 6.45) is 0.303. The zero-order valence-electron chi connectivity index (χ0n) is 13.8. The van der Waals surface area contributed by atoms with Gasteiger partial charge in [-0.1, -0.05) is 40.2 Å². The number of halogens is 1. The van der Waals surface area contributed by atoms with E-state index >= 15 is 0 Å². The fraction of sp³-hybridized carbons (Fsp3) is 0.150. The molecule has 5 heteroatoms. The minimum atomic E-state index is -0.0603. The van der Waals surface area contributed by atoms with Gasteiger partial charge >= 0.3 is 0 Å². The smallest absolute Gasteiger partial charge is 0.224 e. The van der Waals surface area contributed by atoms with Gasteiger partial charge in [-0.05, 0) is 42.0 Å². The number of carbonyl (C=O) groups excluding carboxylic acids is 1. The summed E-state index contributed by atoms with van der Waals surface area (Å²) >= 11 is 3.41. The number of ether oxygens (including phenoxy) is 1. The number of benzene rings is 2. The number of amides is 1. The Morgan fingerprint density at radius 1 is 1.12 bits per heavy atom. The van der Waals surface area contributed by atoms with Crippen LogP contribution in [0, 0.1) is 0 Å². The highest BCUT2D eigenvalue weighted by Crippen LogP contribution is 2.24. The van der Waals surface area contributed by atoms with Gasteiger partial charge in [0.05, 0.1) is 20.1 Å². The van der Waals surface area contributed by atoms with Crippen LogP contribution in [-0.4, -0.2) is 13.0 Å². The molecule has 2 aromatic carbocycles. The number of methoxy groups -OCH3 is 1. The summed E-state index contributed by atoms with van der Waals surface area (Å²) in [6.45, 7) is 0.360. The lowest BCUT2D eigenvalue weighted by Crippen LogP contribution is -2.24. The van der Waals surface area contributed by atoms with Crippen molar-refractivity contribution in [3.63, 3.8) is 0 Å². The molecule has 0 saturated carbocycles. The third-order valence-electron chi connectivity index (χ3n) is 3.75. The van der Waals surface area contributed by atoms with E-state index in [0.29, 0.717) is 13.0 Å². The molecule has 25 heavy (non-hydrogen) atoms. The Kier molecular flexibility index (Phi) is 5.56. The summed E-state index contributed by atoms with van der Waals surface area (Å²) in [5.41, 5.74) is 1.91. The van der Waals surface area contributed by atoms with Crippen molar-refractivity contribution in [1.29, 1.82) is 0 Å². The predicted octanol–water partition coefficient (Wildman–Crippen LogP) is 4.58. The van der Waals surface area contributed by atoms with Crippen molar-refractivity contribution in [2.75, 3.05) is 7.11 Å². The highest BCUT2D eigenvalue weighted by Gasteiger charge is 2.08. The van der Waals surface area contributed by atoms with Crippen molar-refractivity contribution in [3.8, 4) is 17.1 Å². The lowest BCUT2D eigenvalue weighted by atomic mass is 10.1. The number of hydrogen-bond donors (Lipinski definition) is 1. The van der Waals surface area contributed by atoms with Crippen molar-refractivity contribution in [3.05, 3.63) is 76.5 Å². The number of hydrogen-bond acceptors (Lipinski definition) is 3. The second-order valence-electron chi connectivity index (χ2n) is 5.58. The summed E-state index contributed by atoms with van der Waals surface area (Å²) < 4.78 is 12.0. The van der Waals surface area contributed by atoms with Gasteiger partial charge in [-0.15, -0.1) is 0 Å². The summed E-state index contributed by atoms with van der Waals surface area (Å²) in [6, 6.07) is 19.2. The van der Waals surface area contributed by atoms with E-state index in [2.05, 4.69) is 21.2 Å². The van der Waals surface area contributed by atoms with Gasteiger partial charge in [-0.2, -0.15) is 0 Å². The third-order valence-corrected chi connectivity index (χ3v) is 4.28. The highest BCUT2D eigenvalue weighted by molar-refractivity contribution is 9.10. The molecule has 1 N–H and O–H groups in total. The molecule has 1 aromatic heterocycles. The monoisotopic (exact) mass is 399 g/mol. The van der Waals surface area contributed by atoms with Crippen LogP contribution in [0.4, 0.5) is 0 Å². The Bertz CT molecular complexity index is 855. The van der Waals surface area contributed by atoms with Crippen LogP contribution in [0.25, 0.3) is 11.3 Å². The molecule has 0 unspecified atom stereocenters. The topological polar surface area (TPSA) is 51.5 Å². The molecule has 0 radical (unpaired) electrons. The van der Waals surface area contributed by atoms with Crippen LogP contribution >= 0.6 is 15.9 Å². The van der Waals surface area contributed by atoms with Crippen LogP contribution in [0.3, 0.4) is 0 Å². The van der Waals surface area contributed by atoms with E-state index in [1.54, 1.807) is 7.11 Å². The van der Waals surface area contributed by atoms with Crippen molar-refractivity contribution in [1.82, 2.24) is 5.32 Å². The molecule has 0 saturated heterocycles. The highest BCUT2D eigenvalue weighted by atomic mass is 79.9. The molecule has 0 atom stereocenters. The zero-order chi connectivity index (χ0) is 17.6. The van der Waals surface area contributed by atoms with Gasteiger partial charge in [0.15, 0.2) is 0 Å². The molecule has 128 valence electrons. The van der Waals surface area contributed by atoms with Gasteiger partial charge in [0.25, 0.3) is 0 Å². The number of furan rings is 1. The average Bonchev–Trinajstić information content (AvgIpc) is 3.10. The van der Waals surface area contributed by atoms with E-state index in [-0.39, 0.29) is 5.91 Å². The average molecular weight is 400 g/mol. The van der Waals surface area contributed by atoms with Gasteiger partial charge in [-0.25, -0.2) is 0 Å². The second kappa shape index (κ2) is 8.03. The summed E-state index contributed by atoms with van der Waals surface area (Å²) in [5, 5.41) is 2.88. The normalized spacial score (nSPS) is 10.5. The van der Waals surface area contributed by atoms with Gasteiger partial charge in [-0.3, -0.25) is 4.79 Å². The van der Waals surface area contributed by atoms with Crippen LogP contribution in [0.15, 0.2) is 69.6 Å². The molecule has 0 aliphatic heterocycles. The fourth-order valence-electron chi connectivity index (χ4n) is 2.46. The van der Waals surface area contributed by atoms with E-state index in [1.807, 2.05) is 60.7 Å². The number of carbonyl (C=O) groups is 1. The molecule has 4 nitrogen and oxygen atoms in total. The first-order valence-electron chi connectivity index (χ1n) is 7.88. The van der Waals surface area contributed by atoms with Crippen LogP contribution in [0.2, 0.25) is 0 Å². The maximum absolute atomic E-state index is 12.1. The van der Waals surface area contributed by atoms with Crippen molar-refractivity contribution < 1.29 is 13.9 Å². The fourth-order valence-corrected chi connectivity index (χ4v) is 2.72. The molecule has 1 heterocycles. The minimum absolute atomic E-state index is 0.0603. The van der Waals surface area contributed by atoms with Crippen LogP contribution in [0.5, 0.6) is 5.75 Å². The zero-order valence-corrected chi connectivity index (χ0v) is 15.4. The van der Waals surface area contributed by atoms with E-state index in [0.717, 1.165) is 32.9 Å². The maximum atomic E-state index is 12.1. The molecule has 0 fully saturated rings. The maximum Gasteiger partial charge on any atom is 0.224 e.